The summed E-state index contributed by atoms with van der Waals surface area (Å²) in [5.74, 6) is 0. The molecule has 0 saturated heterocycles. The lowest BCUT2D eigenvalue weighted by atomic mass is 9.79. The molecule has 0 N–H and O–H groups in total. The fourth-order valence-electron chi connectivity index (χ4n) is 4.93. The van der Waals surface area contributed by atoms with Crippen molar-refractivity contribution < 1.29 is 0 Å². The fraction of sp³-hybridized carbons (Fsp3) is 0.179. The van der Waals surface area contributed by atoms with Crippen molar-refractivity contribution in [2.24, 2.45) is 0 Å². The highest BCUT2D eigenvalue weighted by molar-refractivity contribution is 5.87. The van der Waals surface area contributed by atoms with E-state index in [1.54, 1.807) is 0 Å². The van der Waals surface area contributed by atoms with Crippen molar-refractivity contribution in [3.05, 3.63) is 101 Å². The summed E-state index contributed by atoms with van der Waals surface area (Å²) in [5, 5.41) is 0. The zero-order valence-corrected chi connectivity index (χ0v) is 17.5. The molecule has 1 aromatic heterocycles. The fourth-order valence-corrected chi connectivity index (χ4v) is 4.93. The minimum Gasteiger partial charge on any atom is -0.256 e. The molecular formula is C28H25N. The molecule has 1 nitrogen and oxygen atoms in total. The SMILES string of the molecule is Cc1cc(C)cc(-c2ccc(-c3cccc4c3C(C)(C)c3ccccc3-4)nc2)c1. The molecule has 1 heterocycles. The summed E-state index contributed by atoms with van der Waals surface area (Å²) < 4.78 is 0. The molecule has 4 aromatic rings. The van der Waals surface area contributed by atoms with E-state index < -0.39 is 0 Å². The first-order valence-corrected chi connectivity index (χ1v) is 10.2. The summed E-state index contributed by atoms with van der Waals surface area (Å²) in [6.45, 7) is 8.94. The molecular weight excluding hydrogens is 350 g/mol. The summed E-state index contributed by atoms with van der Waals surface area (Å²) in [4.78, 5) is 4.89. The Morgan fingerprint density at radius 2 is 1.34 bits per heavy atom. The second-order valence-electron chi connectivity index (χ2n) is 8.71. The lowest BCUT2D eigenvalue weighted by molar-refractivity contribution is 0.662. The summed E-state index contributed by atoms with van der Waals surface area (Å²) in [5.41, 5.74) is 12.7. The Bertz CT molecular complexity index is 1210. The molecule has 0 atom stereocenters. The van der Waals surface area contributed by atoms with E-state index in [1.165, 1.54) is 44.5 Å². The summed E-state index contributed by atoms with van der Waals surface area (Å²) >= 11 is 0. The van der Waals surface area contributed by atoms with Crippen LogP contribution >= 0.6 is 0 Å². The minimum atomic E-state index is -0.0312. The molecule has 0 spiro atoms. The van der Waals surface area contributed by atoms with E-state index in [-0.39, 0.29) is 5.41 Å². The van der Waals surface area contributed by atoms with Crippen LogP contribution in [-0.2, 0) is 5.41 Å². The largest absolute Gasteiger partial charge is 0.256 e. The van der Waals surface area contributed by atoms with Crippen molar-refractivity contribution in [3.63, 3.8) is 0 Å². The highest BCUT2D eigenvalue weighted by Crippen LogP contribution is 2.51. The number of aromatic nitrogens is 1. The van der Waals surface area contributed by atoms with Crippen LogP contribution in [0.3, 0.4) is 0 Å². The molecule has 0 amide bonds. The van der Waals surface area contributed by atoms with Crippen molar-refractivity contribution >= 4 is 0 Å². The number of hydrogen-bond donors (Lipinski definition) is 0. The number of nitrogens with zero attached hydrogens (tertiary/aromatic N) is 1. The molecule has 3 aromatic carbocycles. The first-order chi connectivity index (χ1) is 13.9. The second kappa shape index (κ2) is 6.42. The molecule has 1 aliphatic carbocycles. The van der Waals surface area contributed by atoms with Gasteiger partial charge in [0.05, 0.1) is 5.69 Å². The Morgan fingerprint density at radius 3 is 2.07 bits per heavy atom. The lowest BCUT2D eigenvalue weighted by Crippen LogP contribution is -2.16. The van der Waals surface area contributed by atoms with E-state index >= 15 is 0 Å². The third kappa shape index (κ3) is 2.81. The average molecular weight is 376 g/mol. The Labute approximate surface area is 173 Å². The molecule has 0 bridgehead atoms. The molecule has 0 saturated carbocycles. The van der Waals surface area contributed by atoms with Gasteiger partial charge in [-0.05, 0) is 47.7 Å². The number of pyridine rings is 1. The van der Waals surface area contributed by atoms with Gasteiger partial charge < -0.3 is 0 Å². The zero-order chi connectivity index (χ0) is 20.2. The number of aryl methyl sites for hydroxylation is 2. The average Bonchev–Trinajstić information content (AvgIpc) is 2.95. The maximum atomic E-state index is 4.89. The Morgan fingerprint density at radius 1 is 0.655 bits per heavy atom. The summed E-state index contributed by atoms with van der Waals surface area (Å²) in [6.07, 6.45) is 2.01. The molecule has 5 rings (SSSR count). The van der Waals surface area contributed by atoms with E-state index in [1.807, 2.05) is 6.20 Å². The van der Waals surface area contributed by atoms with Gasteiger partial charge in [-0.1, -0.05) is 91.7 Å². The number of rotatable bonds is 2. The highest BCUT2D eigenvalue weighted by atomic mass is 14.7. The Kier molecular flexibility index (Phi) is 3.96. The molecule has 142 valence electrons. The van der Waals surface area contributed by atoms with Crippen LogP contribution < -0.4 is 0 Å². The van der Waals surface area contributed by atoms with Gasteiger partial charge in [0.2, 0.25) is 0 Å². The van der Waals surface area contributed by atoms with E-state index in [0.717, 1.165) is 11.3 Å². The summed E-state index contributed by atoms with van der Waals surface area (Å²) in [6, 6.07) is 26.4. The van der Waals surface area contributed by atoms with Gasteiger partial charge in [0.25, 0.3) is 0 Å². The molecule has 0 unspecified atom stereocenters. The van der Waals surface area contributed by atoms with Gasteiger partial charge >= 0.3 is 0 Å². The van der Waals surface area contributed by atoms with E-state index in [4.69, 9.17) is 4.98 Å². The number of fused-ring (bicyclic) bond motifs is 3. The van der Waals surface area contributed by atoms with Crippen LogP contribution in [0.1, 0.15) is 36.1 Å². The maximum absolute atomic E-state index is 4.89. The quantitative estimate of drug-likeness (QED) is 0.357. The van der Waals surface area contributed by atoms with E-state index in [9.17, 15) is 0 Å². The van der Waals surface area contributed by atoms with Gasteiger partial charge in [-0.15, -0.1) is 0 Å². The zero-order valence-electron chi connectivity index (χ0n) is 17.5. The molecule has 0 aliphatic heterocycles. The van der Waals surface area contributed by atoms with Crippen LogP contribution in [0.25, 0.3) is 33.5 Å². The molecule has 29 heavy (non-hydrogen) atoms. The molecule has 0 fully saturated rings. The minimum absolute atomic E-state index is 0.0312. The van der Waals surface area contributed by atoms with Gasteiger partial charge in [0, 0.05) is 22.7 Å². The van der Waals surface area contributed by atoms with Crippen molar-refractivity contribution in [2.45, 2.75) is 33.1 Å². The third-order valence-corrected chi connectivity index (χ3v) is 6.17. The predicted molar refractivity (Wildman–Crippen MR) is 122 cm³/mol. The molecule has 1 heteroatoms. The molecule has 0 radical (unpaired) electrons. The first-order valence-electron chi connectivity index (χ1n) is 10.2. The van der Waals surface area contributed by atoms with Gasteiger partial charge in [-0.3, -0.25) is 4.98 Å². The van der Waals surface area contributed by atoms with Crippen LogP contribution in [0.4, 0.5) is 0 Å². The number of benzene rings is 3. The predicted octanol–water partition coefficient (Wildman–Crippen LogP) is 7.34. The smallest absolute Gasteiger partial charge is 0.0705 e. The Balaban J connectivity index is 1.62. The van der Waals surface area contributed by atoms with Gasteiger partial charge in [-0.25, -0.2) is 0 Å². The maximum Gasteiger partial charge on any atom is 0.0705 e. The van der Waals surface area contributed by atoms with E-state index in [2.05, 4.69) is 100 Å². The van der Waals surface area contributed by atoms with Gasteiger partial charge in [0.15, 0.2) is 0 Å². The van der Waals surface area contributed by atoms with Crippen molar-refractivity contribution in [1.29, 1.82) is 0 Å². The second-order valence-corrected chi connectivity index (χ2v) is 8.71. The van der Waals surface area contributed by atoms with Crippen molar-refractivity contribution in [1.82, 2.24) is 4.98 Å². The normalized spacial score (nSPS) is 13.8. The van der Waals surface area contributed by atoms with Crippen molar-refractivity contribution in [2.75, 3.05) is 0 Å². The van der Waals surface area contributed by atoms with Crippen LogP contribution in [0.15, 0.2) is 79.0 Å². The van der Waals surface area contributed by atoms with Crippen molar-refractivity contribution in [3.8, 4) is 33.5 Å². The highest BCUT2D eigenvalue weighted by Gasteiger charge is 2.37. The van der Waals surface area contributed by atoms with Crippen LogP contribution in [0.5, 0.6) is 0 Å². The van der Waals surface area contributed by atoms with Crippen LogP contribution in [-0.4, -0.2) is 4.98 Å². The topological polar surface area (TPSA) is 12.9 Å². The van der Waals surface area contributed by atoms with E-state index in [0.29, 0.717) is 0 Å². The van der Waals surface area contributed by atoms with Crippen LogP contribution in [0, 0.1) is 13.8 Å². The monoisotopic (exact) mass is 375 g/mol. The van der Waals surface area contributed by atoms with Crippen LogP contribution in [0.2, 0.25) is 0 Å². The standard InChI is InChI=1S/C28H25N/c1-18-14-19(2)16-21(15-18)20-12-13-26(29-17-20)24-10-7-9-23-22-8-5-6-11-25(22)28(3,4)27(23)24/h5-17H,1-4H3. The first kappa shape index (κ1) is 17.9. The van der Waals surface area contributed by atoms with Gasteiger partial charge in [-0.2, -0.15) is 0 Å². The summed E-state index contributed by atoms with van der Waals surface area (Å²) in [7, 11) is 0. The number of hydrogen-bond acceptors (Lipinski definition) is 1. The van der Waals surface area contributed by atoms with Gasteiger partial charge in [0.1, 0.15) is 0 Å². The molecule has 1 aliphatic rings. The third-order valence-electron chi connectivity index (χ3n) is 6.17. The Hall–Kier alpha value is -3.19. The lowest BCUT2D eigenvalue weighted by Gasteiger charge is -2.24.